The third-order valence-electron chi connectivity index (χ3n) is 5.95. The van der Waals surface area contributed by atoms with Crippen LogP contribution >= 0.6 is 0 Å². The van der Waals surface area contributed by atoms with E-state index < -0.39 is 12.2 Å². The monoisotopic (exact) mass is 499 g/mol. The third kappa shape index (κ3) is 5.98. The van der Waals surface area contributed by atoms with Crippen LogP contribution in [0.1, 0.15) is 23.1 Å². The van der Waals surface area contributed by atoms with Crippen LogP contribution in [0, 0.1) is 6.92 Å². The van der Waals surface area contributed by atoms with Crippen molar-refractivity contribution < 1.29 is 23.7 Å². The summed E-state index contributed by atoms with van der Waals surface area (Å²) in [6.45, 7) is 2.58. The van der Waals surface area contributed by atoms with E-state index in [0.29, 0.717) is 29.4 Å². The van der Waals surface area contributed by atoms with E-state index in [1.165, 1.54) is 0 Å². The van der Waals surface area contributed by atoms with Gasteiger partial charge in [-0.05, 0) is 63.5 Å². The highest BCUT2D eigenvalue weighted by molar-refractivity contribution is 5.78. The van der Waals surface area contributed by atoms with Crippen molar-refractivity contribution in [3.63, 3.8) is 0 Å². The number of pyridine rings is 2. The molecular weight excluding hydrogens is 470 g/mol. The summed E-state index contributed by atoms with van der Waals surface area (Å²) in [5.74, 6) is 1.46. The summed E-state index contributed by atoms with van der Waals surface area (Å²) in [5, 5.41) is 1.08. The number of likely N-dealkylation sites (N-methyl/N-ethyl adjacent to an activating group) is 1. The van der Waals surface area contributed by atoms with Gasteiger partial charge < -0.3 is 18.9 Å². The van der Waals surface area contributed by atoms with Gasteiger partial charge in [-0.2, -0.15) is 0 Å². The Balaban J connectivity index is 1.38. The number of benzene rings is 2. The van der Waals surface area contributed by atoms with Crippen LogP contribution in [0.15, 0.2) is 72.9 Å². The van der Waals surface area contributed by atoms with Gasteiger partial charge in [-0.1, -0.05) is 24.3 Å². The topological polar surface area (TPSA) is 83.0 Å². The molecule has 5 rings (SSSR count). The average molecular weight is 500 g/mol. The number of ether oxygens (including phenoxy) is 4. The first-order valence-electron chi connectivity index (χ1n) is 12.1. The Labute approximate surface area is 215 Å². The fourth-order valence-electron chi connectivity index (χ4n) is 4.15. The molecule has 0 saturated heterocycles. The summed E-state index contributed by atoms with van der Waals surface area (Å²) in [5.41, 5.74) is 3.30. The number of aromatic nitrogens is 2. The summed E-state index contributed by atoms with van der Waals surface area (Å²) in [4.78, 5) is 23.4. The molecule has 4 aromatic rings. The van der Waals surface area contributed by atoms with Gasteiger partial charge in [0.2, 0.25) is 0 Å². The van der Waals surface area contributed by atoms with Crippen LogP contribution in [0.3, 0.4) is 0 Å². The maximum absolute atomic E-state index is 12.7. The Kier molecular flexibility index (Phi) is 7.18. The minimum Gasteiger partial charge on any atom is -0.489 e. The molecule has 0 unspecified atom stereocenters. The molecule has 0 fully saturated rings. The summed E-state index contributed by atoms with van der Waals surface area (Å²) >= 11 is 0. The van der Waals surface area contributed by atoms with Gasteiger partial charge in [-0.15, -0.1) is 0 Å². The quantitative estimate of drug-likeness (QED) is 0.328. The second-order valence-corrected chi connectivity index (χ2v) is 9.23. The zero-order chi connectivity index (χ0) is 25.8. The first-order chi connectivity index (χ1) is 17.9. The van der Waals surface area contributed by atoms with Crippen molar-refractivity contribution in [2.75, 3.05) is 27.2 Å². The molecule has 0 spiro atoms. The Bertz CT molecular complexity index is 1390. The van der Waals surface area contributed by atoms with E-state index in [-0.39, 0.29) is 19.1 Å². The fraction of sp³-hybridized carbons (Fsp3) is 0.276. The number of aryl methyl sites for hydroxylation is 1. The van der Waals surface area contributed by atoms with Gasteiger partial charge in [-0.3, -0.25) is 14.7 Å². The lowest BCUT2D eigenvalue weighted by molar-refractivity contribution is -0.157. The Morgan fingerprint density at radius 1 is 1.05 bits per heavy atom. The first-order valence-corrected chi connectivity index (χ1v) is 12.1. The molecule has 2 aromatic heterocycles. The number of para-hydroxylation sites is 1. The Morgan fingerprint density at radius 3 is 2.70 bits per heavy atom. The lowest BCUT2D eigenvalue weighted by Gasteiger charge is -2.33. The van der Waals surface area contributed by atoms with Crippen LogP contribution in [0.25, 0.3) is 10.9 Å². The van der Waals surface area contributed by atoms with Crippen molar-refractivity contribution in [2.24, 2.45) is 0 Å². The van der Waals surface area contributed by atoms with Crippen LogP contribution in [0.4, 0.5) is 0 Å². The second-order valence-electron chi connectivity index (χ2n) is 9.23. The molecule has 0 N–H and O–H groups in total. The van der Waals surface area contributed by atoms with Gasteiger partial charge in [0.15, 0.2) is 12.2 Å². The maximum atomic E-state index is 12.7. The number of carbonyl (C=O) groups is 1. The highest BCUT2D eigenvalue weighted by Crippen LogP contribution is 2.39. The SMILES string of the molecule is Cc1ccc(O[C@@H]2COc3ccc(OCc4ccc5ccccc5n4)cc3[C@@H]2OC(=O)CN(C)C)cn1. The van der Waals surface area contributed by atoms with E-state index in [2.05, 4.69) is 9.97 Å². The third-order valence-corrected chi connectivity index (χ3v) is 5.95. The maximum Gasteiger partial charge on any atom is 0.320 e. The zero-order valence-electron chi connectivity index (χ0n) is 21.1. The van der Waals surface area contributed by atoms with Gasteiger partial charge in [-0.25, -0.2) is 4.98 Å². The molecule has 2 aromatic carbocycles. The van der Waals surface area contributed by atoms with E-state index in [1.54, 1.807) is 11.1 Å². The fourth-order valence-corrected chi connectivity index (χ4v) is 4.15. The molecule has 3 heterocycles. The smallest absolute Gasteiger partial charge is 0.320 e. The van der Waals surface area contributed by atoms with Crippen LogP contribution in [0.2, 0.25) is 0 Å². The van der Waals surface area contributed by atoms with Crippen molar-refractivity contribution in [2.45, 2.75) is 25.7 Å². The average Bonchev–Trinajstić information content (AvgIpc) is 2.89. The largest absolute Gasteiger partial charge is 0.489 e. The Hall–Kier alpha value is -4.17. The molecule has 0 radical (unpaired) electrons. The van der Waals surface area contributed by atoms with Gasteiger partial charge in [0.05, 0.1) is 24.0 Å². The number of carbonyl (C=O) groups excluding carboxylic acids is 1. The predicted molar refractivity (Wildman–Crippen MR) is 139 cm³/mol. The lowest BCUT2D eigenvalue weighted by atomic mass is 10.00. The minimum absolute atomic E-state index is 0.148. The van der Waals surface area contributed by atoms with Crippen LogP contribution < -0.4 is 14.2 Å². The zero-order valence-corrected chi connectivity index (χ0v) is 21.1. The van der Waals surface area contributed by atoms with Crippen molar-refractivity contribution >= 4 is 16.9 Å². The van der Waals surface area contributed by atoms with E-state index in [0.717, 1.165) is 22.3 Å². The molecule has 190 valence electrons. The second kappa shape index (κ2) is 10.8. The van der Waals surface area contributed by atoms with E-state index in [9.17, 15) is 4.79 Å². The lowest BCUT2D eigenvalue weighted by Crippen LogP contribution is -2.39. The number of hydrogen-bond acceptors (Lipinski definition) is 8. The Morgan fingerprint density at radius 2 is 1.89 bits per heavy atom. The summed E-state index contributed by atoms with van der Waals surface area (Å²) in [7, 11) is 3.63. The summed E-state index contributed by atoms with van der Waals surface area (Å²) in [6, 6.07) is 21.2. The predicted octanol–water partition coefficient (Wildman–Crippen LogP) is 4.50. The molecule has 8 heteroatoms. The molecule has 37 heavy (non-hydrogen) atoms. The van der Waals surface area contributed by atoms with Crippen molar-refractivity contribution in [1.82, 2.24) is 14.9 Å². The standard InChI is InChI=1S/C29H29N3O5/c1-19-8-11-23(15-30-19)36-27-18-35-26-13-12-22(14-24(26)29(27)37-28(33)16-32(2)3)34-17-21-10-9-20-6-4-5-7-25(20)31-21/h4-15,27,29H,16-18H2,1-3H3/t27-,29+/m1/s1. The van der Waals surface area contributed by atoms with Gasteiger partial charge >= 0.3 is 5.97 Å². The number of hydrogen-bond donors (Lipinski definition) is 0. The normalized spacial score (nSPS) is 16.6. The van der Waals surface area contributed by atoms with Crippen molar-refractivity contribution in [3.8, 4) is 17.2 Å². The molecule has 1 aliphatic rings. The van der Waals surface area contributed by atoms with E-state index >= 15 is 0 Å². The first kappa shape index (κ1) is 24.5. The van der Waals surface area contributed by atoms with Crippen LogP contribution in [-0.4, -0.2) is 54.2 Å². The minimum atomic E-state index is -0.681. The molecular formula is C29H29N3O5. The number of rotatable bonds is 8. The van der Waals surface area contributed by atoms with Gasteiger partial charge in [0, 0.05) is 16.6 Å². The van der Waals surface area contributed by atoms with Gasteiger partial charge in [0.25, 0.3) is 0 Å². The van der Waals surface area contributed by atoms with E-state index in [1.807, 2.05) is 87.7 Å². The van der Waals surface area contributed by atoms with E-state index in [4.69, 9.17) is 18.9 Å². The number of esters is 1. The van der Waals surface area contributed by atoms with Crippen molar-refractivity contribution in [1.29, 1.82) is 0 Å². The molecule has 0 bridgehead atoms. The van der Waals surface area contributed by atoms with Crippen LogP contribution in [-0.2, 0) is 16.1 Å². The van der Waals surface area contributed by atoms with Crippen LogP contribution in [0.5, 0.6) is 17.2 Å². The highest BCUT2D eigenvalue weighted by Gasteiger charge is 2.36. The molecule has 0 aliphatic carbocycles. The molecule has 0 amide bonds. The summed E-state index contributed by atoms with van der Waals surface area (Å²) in [6.07, 6.45) is 0.417. The van der Waals surface area contributed by atoms with Gasteiger partial charge in [0.1, 0.15) is 30.5 Å². The number of fused-ring (bicyclic) bond motifs is 2. The molecule has 0 saturated carbocycles. The molecule has 8 nitrogen and oxygen atoms in total. The van der Waals surface area contributed by atoms with Crippen molar-refractivity contribution in [3.05, 3.63) is 89.9 Å². The molecule has 1 aliphatic heterocycles. The highest BCUT2D eigenvalue weighted by atomic mass is 16.6. The number of nitrogens with zero attached hydrogens (tertiary/aromatic N) is 3. The molecule has 2 atom stereocenters. The summed E-state index contributed by atoms with van der Waals surface area (Å²) < 4.78 is 24.1.